The van der Waals surface area contributed by atoms with Crippen LogP contribution >= 0.6 is 11.3 Å². The Morgan fingerprint density at radius 3 is 2.72 bits per heavy atom. The van der Waals surface area contributed by atoms with E-state index in [1.165, 1.54) is 23.3 Å². The molecule has 0 saturated carbocycles. The van der Waals surface area contributed by atoms with E-state index in [1.807, 2.05) is 10.8 Å². The third-order valence-corrected chi connectivity index (χ3v) is 6.27. The molecule has 0 spiro atoms. The minimum Gasteiger partial charge on any atom is -0.503 e. The van der Waals surface area contributed by atoms with Crippen LogP contribution in [0.25, 0.3) is 0 Å². The predicted octanol–water partition coefficient (Wildman–Crippen LogP) is 3.63. The number of ketones is 1. The molecular formula is C23H23N3O5S. The fraction of sp³-hybridized carbons (Fsp3) is 0.261. The van der Waals surface area contributed by atoms with Crippen LogP contribution in [0.3, 0.4) is 0 Å². The van der Waals surface area contributed by atoms with Crippen LogP contribution in [0.5, 0.6) is 11.5 Å². The van der Waals surface area contributed by atoms with Crippen molar-refractivity contribution in [3.8, 4) is 11.5 Å². The summed E-state index contributed by atoms with van der Waals surface area (Å²) in [6, 6.07) is 7.85. The number of Topliss-reactive ketones (excluding diaryl/α,β-unsaturated/α-hetero) is 1. The molecule has 1 atom stereocenters. The van der Waals surface area contributed by atoms with Gasteiger partial charge in [-0.2, -0.15) is 0 Å². The molecule has 166 valence electrons. The molecule has 0 bridgehead atoms. The van der Waals surface area contributed by atoms with E-state index in [0.29, 0.717) is 41.4 Å². The van der Waals surface area contributed by atoms with E-state index in [9.17, 15) is 14.7 Å². The molecule has 8 nitrogen and oxygen atoms in total. The van der Waals surface area contributed by atoms with Gasteiger partial charge in [-0.25, -0.2) is 4.98 Å². The van der Waals surface area contributed by atoms with Crippen LogP contribution in [0.2, 0.25) is 0 Å². The molecule has 2 aromatic heterocycles. The summed E-state index contributed by atoms with van der Waals surface area (Å²) in [4.78, 5) is 32.4. The monoisotopic (exact) mass is 453 g/mol. The van der Waals surface area contributed by atoms with Gasteiger partial charge in [0.2, 0.25) is 5.78 Å². The van der Waals surface area contributed by atoms with E-state index >= 15 is 0 Å². The zero-order chi connectivity index (χ0) is 22.7. The first kappa shape index (κ1) is 21.6. The number of thiophene rings is 1. The van der Waals surface area contributed by atoms with Crippen molar-refractivity contribution in [2.45, 2.75) is 19.0 Å². The molecular weight excluding hydrogens is 430 g/mol. The van der Waals surface area contributed by atoms with E-state index in [1.54, 1.807) is 55.3 Å². The molecule has 0 fully saturated rings. The van der Waals surface area contributed by atoms with Crippen LogP contribution in [0.1, 0.15) is 27.7 Å². The zero-order valence-corrected chi connectivity index (χ0v) is 18.5. The van der Waals surface area contributed by atoms with Crippen LogP contribution in [0.4, 0.5) is 0 Å². The van der Waals surface area contributed by atoms with Gasteiger partial charge in [0.25, 0.3) is 5.91 Å². The van der Waals surface area contributed by atoms with Gasteiger partial charge in [-0.05, 0) is 36.1 Å². The topological polar surface area (TPSA) is 93.9 Å². The number of methoxy groups -OCH3 is 2. The standard InChI is InChI=1S/C23H23N3O5S/c1-30-15-6-7-17(31-2)16(13-15)20-19(21(27)18-5-3-12-32-18)22(28)23(29)26(20)10-4-9-25-11-8-24-14-25/h3,5-8,11-14,20,28H,4,9-10H2,1-2H3. The molecule has 3 aromatic rings. The molecule has 1 aliphatic rings. The van der Waals surface area contributed by atoms with Crippen LogP contribution in [-0.4, -0.2) is 52.0 Å². The number of ether oxygens (including phenoxy) is 2. The molecule has 1 unspecified atom stereocenters. The van der Waals surface area contributed by atoms with E-state index in [4.69, 9.17) is 9.47 Å². The molecule has 0 radical (unpaired) electrons. The third-order valence-electron chi connectivity index (χ3n) is 5.40. The van der Waals surface area contributed by atoms with Crippen molar-refractivity contribution in [1.82, 2.24) is 14.5 Å². The lowest BCUT2D eigenvalue weighted by Gasteiger charge is -2.28. The minimum atomic E-state index is -0.801. The van der Waals surface area contributed by atoms with Crippen LogP contribution in [-0.2, 0) is 11.3 Å². The molecule has 1 aliphatic heterocycles. The molecule has 1 N–H and O–H groups in total. The number of carbonyl (C=O) groups is 2. The SMILES string of the molecule is COc1ccc(OC)c(C2C(C(=O)c3cccs3)=C(O)C(=O)N2CCCn2ccnc2)c1. The number of benzene rings is 1. The summed E-state index contributed by atoms with van der Waals surface area (Å²) >= 11 is 1.26. The molecule has 4 rings (SSSR count). The largest absolute Gasteiger partial charge is 0.503 e. The normalized spacial score (nSPS) is 16.0. The van der Waals surface area contributed by atoms with Crippen molar-refractivity contribution in [3.63, 3.8) is 0 Å². The average molecular weight is 454 g/mol. The number of amides is 1. The van der Waals surface area contributed by atoms with Crippen molar-refractivity contribution in [2.75, 3.05) is 20.8 Å². The highest BCUT2D eigenvalue weighted by atomic mass is 32.1. The molecule has 32 heavy (non-hydrogen) atoms. The highest BCUT2D eigenvalue weighted by molar-refractivity contribution is 7.12. The highest BCUT2D eigenvalue weighted by Gasteiger charge is 2.45. The van der Waals surface area contributed by atoms with Gasteiger partial charge in [-0.3, -0.25) is 9.59 Å². The number of aryl methyl sites for hydroxylation is 1. The highest BCUT2D eigenvalue weighted by Crippen LogP contribution is 2.44. The predicted molar refractivity (Wildman–Crippen MR) is 119 cm³/mol. The van der Waals surface area contributed by atoms with E-state index < -0.39 is 17.7 Å². The van der Waals surface area contributed by atoms with Gasteiger partial charge in [0.1, 0.15) is 11.5 Å². The second-order valence-corrected chi connectivity index (χ2v) is 8.18. The van der Waals surface area contributed by atoms with Gasteiger partial charge in [0.05, 0.1) is 37.0 Å². The van der Waals surface area contributed by atoms with Gasteiger partial charge in [-0.15, -0.1) is 11.3 Å². The maximum atomic E-state index is 13.3. The van der Waals surface area contributed by atoms with Crippen LogP contribution in [0, 0.1) is 0 Å². The Kier molecular flexibility index (Phi) is 6.27. The lowest BCUT2D eigenvalue weighted by Crippen LogP contribution is -2.32. The van der Waals surface area contributed by atoms with Crippen molar-refractivity contribution >= 4 is 23.0 Å². The maximum absolute atomic E-state index is 13.3. The summed E-state index contributed by atoms with van der Waals surface area (Å²) in [6.45, 7) is 0.966. The van der Waals surface area contributed by atoms with Crippen molar-refractivity contribution < 1.29 is 24.2 Å². The number of aliphatic hydroxyl groups excluding tert-OH is 1. The number of aromatic nitrogens is 2. The minimum absolute atomic E-state index is 0.0478. The molecule has 0 aliphatic carbocycles. The first-order valence-electron chi connectivity index (χ1n) is 10.0. The van der Waals surface area contributed by atoms with Gasteiger partial charge < -0.3 is 24.0 Å². The number of hydrogen-bond acceptors (Lipinski definition) is 7. The van der Waals surface area contributed by atoms with E-state index in [2.05, 4.69) is 4.98 Å². The second-order valence-electron chi connectivity index (χ2n) is 7.23. The molecule has 1 amide bonds. The summed E-state index contributed by atoms with van der Waals surface area (Å²) in [7, 11) is 3.06. The number of imidazole rings is 1. The molecule has 3 heterocycles. The Bertz CT molecular complexity index is 1140. The van der Waals surface area contributed by atoms with Crippen LogP contribution in [0.15, 0.2) is 65.8 Å². The summed E-state index contributed by atoms with van der Waals surface area (Å²) in [5, 5.41) is 12.6. The van der Waals surface area contributed by atoms with E-state index in [-0.39, 0.29) is 11.4 Å². The number of aliphatic hydroxyl groups is 1. The average Bonchev–Trinajstić information content (AvgIpc) is 3.57. The second kappa shape index (κ2) is 9.27. The van der Waals surface area contributed by atoms with Gasteiger partial charge in [0.15, 0.2) is 5.76 Å². The lowest BCUT2D eigenvalue weighted by molar-refractivity contribution is -0.129. The Hall–Kier alpha value is -3.59. The van der Waals surface area contributed by atoms with Gasteiger partial charge >= 0.3 is 0 Å². The van der Waals surface area contributed by atoms with Crippen molar-refractivity contribution in [2.24, 2.45) is 0 Å². The first-order chi connectivity index (χ1) is 15.5. The number of rotatable bonds is 9. The Morgan fingerprint density at radius 2 is 2.06 bits per heavy atom. The summed E-state index contributed by atoms with van der Waals surface area (Å²) < 4.78 is 12.8. The summed E-state index contributed by atoms with van der Waals surface area (Å²) in [5.41, 5.74) is 0.624. The molecule has 1 aromatic carbocycles. The Morgan fingerprint density at radius 1 is 1.22 bits per heavy atom. The number of hydrogen-bond donors (Lipinski definition) is 1. The number of nitrogens with zero attached hydrogens (tertiary/aromatic N) is 3. The molecule has 9 heteroatoms. The Balaban J connectivity index is 1.74. The quantitative estimate of drug-likeness (QED) is 0.497. The lowest BCUT2D eigenvalue weighted by atomic mass is 9.94. The number of carbonyl (C=O) groups excluding carboxylic acids is 2. The maximum Gasteiger partial charge on any atom is 0.290 e. The summed E-state index contributed by atoms with van der Waals surface area (Å²) in [6.07, 6.45) is 5.85. The van der Waals surface area contributed by atoms with Crippen molar-refractivity contribution in [3.05, 3.63) is 76.2 Å². The van der Waals surface area contributed by atoms with Gasteiger partial charge in [-0.1, -0.05) is 6.07 Å². The van der Waals surface area contributed by atoms with Gasteiger partial charge in [0, 0.05) is 31.0 Å². The zero-order valence-electron chi connectivity index (χ0n) is 17.7. The fourth-order valence-corrected chi connectivity index (χ4v) is 4.55. The third kappa shape index (κ3) is 3.99. The summed E-state index contributed by atoms with van der Waals surface area (Å²) in [5.74, 6) is -0.431. The van der Waals surface area contributed by atoms with Crippen molar-refractivity contribution in [1.29, 1.82) is 0 Å². The molecule has 0 saturated heterocycles. The first-order valence-corrected chi connectivity index (χ1v) is 10.9. The fourth-order valence-electron chi connectivity index (χ4n) is 3.88. The smallest absolute Gasteiger partial charge is 0.290 e. The van der Waals surface area contributed by atoms with Crippen LogP contribution < -0.4 is 9.47 Å². The van der Waals surface area contributed by atoms with E-state index in [0.717, 1.165) is 0 Å². The Labute approximate surface area is 189 Å².